The van der Waals surface area contributed by atoms with E-state index in [1.807, 2.05) is 0 Å². The van der Waals surface area contributed by atoms with Gasteiger partial charge in [-0.3, -0.25) is 4.79 Å². The number of hydrogen-bond donors (Lipinski definition) is 0. The zero-order valence-electron chi connectivity index (χ0n) is 8.31. The van der Waals surface area contributed by atoms with Crippen LogP contribution in [0.15, 0.2) is 11.6 Å². The lowest BCUT2D eigenvalue weighted by Gasteiger charge is -2.16. The summed E-state index contributed by atoms with van der Waals surface area (Å²) in [5.74, 6) is 0.361. The van der Waals surface area contributed by atoms with Crippen molar-refractivity contribution in [1.29, 1.82) is 0 Å². The fraction of sp³-hybridized carbons (Fsp3) is 0.727. The summed E-state index contributed by atoms with van der Waals surface area (Å²) in [6.07, 6.45) is 6.08. The Kier molecular flexibility index (Phi) is 2.71. The third-order valence-electron chi connectivity index (χ3n) is 2.09. The first-order valence-corrected chi connectivity index (χ1v) is 4.71. The van der Waals surface area contributed by atoms with Crippen LogP contribution in [0, 0.1) is 5.41 Å². The third kappa shape index (κ3) is 2.80. The van der Waals surface area contributed by atoms with Gasteiger partial charge in [0, 0.05) is 6.42 Å². The van der Waals surface area contributed by atoms with Crippen LogP contribution in [0.25, 0.3) is 0 Å². The molecule has 1 aliphatic rings. The lowest BCUT2D eigenvalue weighted by Crippen LogP contribution is -2.13. The van der Waals surface area contributed by atoms with Crippen molar-refractivity contribution in [3.8, 4) is 0 Å². The third-order valence-corrected chi connectivity index (χ3v) is 2.09. The van der Waals surface area contributed by atoms with Crippen molar-refractivity contribution in [1.82, 2.24) is 0 Å². The molecule has 1 heteroatoms. The summed E-state index contributed by atoms with van der Waals surface area (Å²) in [6.45, 7) is 6.33. The van der Waals surface area contributed by atoms with Crippen LogP contribution in [-0.2, 0) is 4.79 Å². The van der Waals surface area contributed by atoms with Gasteiger partial charge in [0.2, 0.25) is 0 Å². The first kappa shape index (κ1) is 9.50. The highest BCUT2D eigenvalue weighted by molar-refractivity contribution is 5.95. The van der Waals surface area contributed by atoms with Crippen LogP contribution < -0.4 is 0 Å². The predicted molar refractivity (Wildman–Crippen MR) is 51.0 cm³/mol. The average molecular weight is 166 g/mol. The number of Topliss-reactive ketones (excluding diaryl/α,β-unsaturated/α-hetero) is 1. The minimum absolute atomic E-state index is 0.139. The van der Waals surface area contributed by atoms with E-state index in [4.69, 9.17) is 0 Å². The van der Waals surface area contributed by atoms with Crippen molar-refractivity contribution in [2.45, 2.75) is 46.5 Å². The van der Waals surface area contributed by atoms with Crippen LogP contribution in [0.1, 0.15) is 46.5 Å². The van der Waals surface area contributed by atoms with Gasteiger partial charge in [-0.1, -0.05) is 26.8 Å². The largest absolute Gasteiger partial charge is 0.295 e. The Labute approximate surface area is 74.9 Å². The van der Waals surface area contributed by atoms with Gasteiger partial charge in [-0.15, -0.1) is 0 Å². The minimum Gasteiger partial charge on any atom is -0.295 e. The van der Waals surface area contributed by atoms with Gasteiger partial charge in [-0.25, -0.2) is 0 Å². The highest BCUT2D eigenvalue weighted by Gasteiger charge is 2.20. The van der Waals surface area contributed by atoms with Gasteiger partial charge in [-0.05, 0) is 30.3 Å². The van der Waals surface area contributed by atoms with E-state index in [0.717, 1.165) is 18.4 Å². The van der Waals surface area contributed by atoms with E-state index >= 15 is 0 Å². The van der Waals surface area contributed by atoms with Crippen LogP contribution in [0.2, 0.25) is 0 Å². The number of carbonyl (C=O) groups is 1. The molecule has 0 heterocycles. The number of allylic oxidation sites excluding steroid dienone is 2. The molecule has 0 aliphatic heterocycles. The molecule has 0 spiro atoms. The van der Waals surface area contributed by atoms with Gasteiger partial charge in [0.1, 0.15) is 0 Å². The van der Waals surface area contributed by atoms with Crippen LogP contribution in [0.4, 0.5) is 0 Å². The normalized spacial score (nSPS) is 17.8. The second kappa shape index (κ2) is 3.42. The zero-order chi connectivity index (χ0) is 9.19. The van der Waals surface area contributed by atoms with E-state index in [-0.39, 0.29) is 5.41 Å². The van der Waals surface area contributed by atoms with Crippen molar-refractivity contribution in [2.24, 2.45) is 5.41 Å². The van der Waals surface area contributed by atoms with Gasteiger partial charge in [0.05, 0.1) is 0 Å². The highest BCUT2D eigenvalue weighted by Crippen LogP contribution is 2.25. The Morgan fingerprint density at radius 1 is 1.50 bits per heavy atom. The summed E-state index contributed by atoms with van der Waals surface area (Å²) < 4.78 is 0. The topological polar surface area (TPSA) is 17.1 Å². The molecule has 0 bridgehead atoms. The van der Waals surface area contributed by atoms with Crippen molar-refractivity contribution >= 4 is 5.78 Å². The smallest absolute Gasteiger partial charge is 0.159 e. The molecule has 12 heavy (non-hydrogen) atoms. The highest BCUT2D eigenvalue weighted by atomic mass is 16.1. The molecule has 0 fully saturated rings. The van der Waals surface area contributed by atoms with E-state index < -0.39 is 0 Å². The van der Waals surface area contributed by atoms with E-state index in [9.17, 15) is 4.79 Å². The van der Waals surface area contributed by atoms with Gasteiger partial charge in [0.25, 0.3) is 0 Å². The van der Waals surface area contributed by atoms with E-state index in [0.29, 0.717) is 12.2 Å². The number of hydrogen-bond acceptors (Lipinski definition) is 1. The zero-order valence-corrected chi connectivity index (χ0v) is 8.31. The van der Waals surface area contributed by atoms with Crippen molar-refractivity contribution in [3.63, 3.8) is 0 Å². The van der Waals surface area contributed by atoms with Crippen molar-refractivity contribution < 1.29 is 4.79 Å². The molecule has 0 saturated carbocycles. The van der Waals surface area contributed by atoms with E-state index in [1.54, 1.807) is 0 Å². The molecule has 0 N–H and O–H groups in total. The molecular weight excluding hydrogens is 148 g/mol. The van der Waals surface area contributed by atoms with Gasteiger partial charge in [-0.2, -0.15) is 0 Å². The monoisotopic (exact) mass is 166 g/mol. The maximum absolute atomic E-state index is 11.6. The van der Waals surface area contributed by atoms with Crippen molar-refractivity contribution in [2.75, 3.05) is 0 Å². The SMILES string of the molecule is CC(C)(C)CC(=O)C1=CCCC1. The maximum Gasteiger partial charge on any atom is 0.159 e. The summed E-state index contributed by atoms with van der Waals surface area (Å²) in [6, 6.07) is 0. The Hall–Kier alpha value is -0.590. The van der Waals surface area contributed by atoms with Crippen molar-refractivity contribution in [3.05, 3.63) is 11.6 Å². The quantitative estimate of drug-likeness (QED) is 0.616. The van der Waals surface area contributed by atoms with Crippen LogP contribution in [0.5, 0.6) is 0 Å². The Balaban J connectivity index is 2.49. The molecule has 0 atom stereocenters. The molecule has 0 aromatic rings. The second-order valence-electron chi connectivity index (χ2n) is 4.78. The number of rotatable bonds is 2. The van der Waals surface area contributed by atoms with Gasteiger partial charge in [0.15, 0.2) is 5.78 Å². The maximum atomic E-state index is 11.6. The summed E-state index contributed by atoms with van der Waals surface area (Å²) in [7, 11) is 0. The summed E-state index contributed by atoms with van der Waals surface area (Å²) in [5, 5.41) is 0. The van der Waals surface area contributed by atoms with Gasteiger partial charge < -0.3 is 0 Å². The minimum atomic E-state index is 0.139. The summed E-state index contributed by atoms with van der Waals surface area (Å²) in [4.78, 5) is 11.6. The fourth-order valence-electron chi connectivity index (χ4n) is 1.52. The molecule has 1 nitrogen and oxygen atoms in total. The van der Waals surface area contributed by atoms with Crippen LogP contribution in [0.3, 0.4) is 0 Å². The summed E-state index contributed by atoms with van der Waals surface area (Å²) in [5.41, 5.74) is 1.21. The molecule has 1 rings (SSSR count). The Morgan fingerprint density at radius 3 is 2.58 bits per heavy atom. The lowest BCUT2D eigenvalue weighted by molar-refractivity contribution is -0.117. The molecule has 0 radical (unpaired) electrons. The molecule has 0 aromatic carbocycles. The van der Waals surface area contributed by atoms with Crippen LogP contribution >= 0.6 is 0 Å². The molecular formula is C11H18O. The van der Waals surface area contributed by atoms with Crippen LogP contribution in [-0.4, -0.2) is 5.78 Å². The molecule has 0 saturated heterocycles. The number of ketones is 1. The van der Waals surface area contributed by atoms with E-state index in [1.165, 1.54) is 6.42 Å². The standard InChI is InChI=1S/C11H18O/c1-11(2,3)8-10(12)9-6-4-5-7-9/h6H,4-5,7-8H2,1-3H3. The lowest BCUT2D eigenvalue weighted by atomic mass is 9.87. The average Bonchev–Trinajstić information content (AvgIpc) is 2.32. The number of carbonyl (C=O) groups excluding carboxylic acids is 1. The van der Waals surface area contributed by atoms with E-state index in [2.05, 4.69) is 26.8 Å². The molecule has 68 valence electrons. The Morgan fingerprint density at radius 2 is 2.17 bits per heavy atom. The molecule has 1 aliphatic carbocycles. The first-order valence-electron chi connectivity index (χ1n) is 4.71. The Bertz CT molecular complexity index is 206. The molecule has 0 amide bonds. The first-order chi connectivity index (χ1) is 5.49. The fourth-order valence-corrected chi connectivity index (χ4v) is 1.52. The molecule has 0 unspecified atom stereocenters. The predicted octanol–water partition coefficient (Wildman–Crippen LogP) is 3.10. The summed E-state index contributed by atoms with van der Waals surface area (Å²) >= 11 is 0. The molecule has 0 aromatic heterocycles. The second-order valence-corrected chi connectivity index (χ2v) is 4.78. The van der Waals surface area contributed by atoms with Gasteiger partial charge >= 0.3 is 0 Å².